The summed E-state index contributed by atoms with van der Waals surface area (Å²) in [6.45, 7) is 0. The molecule has 0 fully saturated rings. The van der Waals surface area contributed by atoms with Crippen LogP contribution >= 0.6 is 27.5 Å². The zero-order chi connectivity index (χ0) is 10.7. The number of hydrogen-bond acceptors (Lipinski definition) is 2. The molecule has 2 aromatic heterocycles. The summed E-state index contributed by atoms with van der Waals surface area (Å²) in [5.41, 5.74) is 2.75. The monoisotopic (exact) mass is 282 g/mol. The van der Waals surface area contributed by atoms with Crippen LogP contribution in [0.1, 0.15) is 5.69 Å². The first-order valence-corrected chi connectivity index (χ1v) is 5.93. The molecule has 0 saturated carbocycles. The second-order valence-electron chi connectivity index (χ2n) is 3.00. The predicted molar refractivity (Wildman–Crippen MR) is 65.1 cm³/mol. The Kier molecular flexibility index (Phi) is 3.34. The van der Waals surface area contributed by atoms with Crippen molar-refractivity contribution in [3.05, 3.63) is 47.4 Å². The lowest BCUT2D eigenvalue weighted by atomic mass is 10.2. The molecule has 0 bridgehead atoms. The number of aromatic nitrogens is 2. The van der Waals surface area contributed by atoms with Crippen LogP contribution in [0.5, 0.6) is 0 Å². The third-order valence-corrected chi connectivity index (χ3v) is 2.87. The van der Waals surface area contributed by atoms with Gasteiger partial charge >= 0.3 is 0 Å². The molecule has 0 radical (unpaired) electrons. The molecular formula is C11H8BrClN2. The normalized spacial score (nSPS) is 10.3. The van der Waals surface area contributed by atoms with Gasteiger partial charge in [-0.2, -0.15) is 0 Å². The average molecular weight is 284 g/mol. The first-order valence-electron chi connectivity index (χ1n) is 4.43. The van der Waals surface area contributed by atoms with Crippen molar-refractivity contribution < 1.29 is 0 Å². The lowest BCUT2D eigenvalue weighted by Crippen LogP contribution is -1.90. The van der Waals surface area contributed by atoms with E-state index in [0.29, 0.717) is 5.02 Å². The van der Waals surface area contributed by atoms with Gasteiger partial charge in [0.15, 0.2) is 0 Å². The van der Waals surface area contributed by atoms with Crippen LogP contribution in [-0.4, -0.2) is 9.97 Å². The fourth-order valence-corrected chi connectivity index (χ4v) is 1.80. The molecule has 0 spiro atoms. The van der Waals surface area contributed by atoms with Gasteiger partial charge in [0.25, 0.3) is 0 Å². The topological polar surface area (TPSA) is 25.8 Å². The Morgan fingerprint density at radius 1 is 1.13 bits per heavy atom. The summed E-state index contributed by atoms with van der Waals surface area (Å²) in [4.78, 5) is 8.42. The molecular weight excluding hydrogens is 275 g/mol. The van der Waals surface area contributed by atoms with Crippen LogP contribution in [0.4, 0.5) is 0 Å². The van der Waals surface area contributed by atoms with E-state index >= 15 is 0 Å². The maximum absolute atomic E-state index is 6.09. The van der Waals surface area contributed by atoms with E-state index in [-0.39, 0.29) is 0 Å². The maximum atomic E-state index is 6.09. The van der Waals surface area contributed by atoms with Gasteiger partial charge in [-0.3, -0.25) is 9.97 Å². The molecule has 0 unspecified atom stereocenters. The number of nitrogens with zero attached hydrogens (tertiary/aromatic N) is 2. The highest BCUT2D eigenvalue weighted by Gasteiger charge is 2.05. The standard InChI is InChI=1S/C11H8BrClN2/c12-7-9-1-2-10(13)11(15-9)8-3-5-14-6-4-8/h1-6H,7H2. The van der Waals surface area contributed by atoms with Gasteiger partial charge in [0.1, 0.15) is 0 Å². The van der Waals surface area contributed by atoms with E-state index in [1.54, 1.807) is 12.4 Å². The largest absolute Gasteiger partial charge is 0.265 e. The smallest absolute Gasteiger partial charge is 0.0892 e. The molecule has 0 aliphatic carbocycles. The van der Waals surface area contributed by atoms with Crippen LogP contribution in [0.25, 0.3) is 11.3 Å². The predicted octanol–water partition coefficient (Wildman–Crippen LogP) is 3.69. The fourth-order valence-electron chi connectivity index (χ4n) is 1.27. The minimum Gasteiger partial charge on any atom is -0.265 e. The maximum Gasteiger partial charge on any atom is 0.0892 e. The van der Waals surface area contributed by atoms with E-state index in [2.05, 4.69) is 25.9 Å². The zero-order valence-electron chi connectivity index (χ0n) is 7.82. The van der Waals surface area contributed by atoms with Crippen LogP contribution < -0.4 is 0 Å². The quantitative estimate of drug-likeness (QED) is 0.786. The Morgan fingerprint density at radius 2 is 1.87 bits per heavy atom. The summed E-state index contributed by atoms with van der Waals surface area (Å²) < 4.78 is 0. The van der Waals surface area contributed by atoms with Crippen molar-refractivity contribution in [3.63, 3.8) is 0 Å². The van der Waals surface area contributed by atoms with E-state index in [1.165, 1.54) is 0 Å². The van der Waals surface area contributed by atoms with Crippen LogP contribution in [0.3, 0.4) is 0 Å². The molecule has 0 saturated heterocycles. The van der Waals surface area contributed by atoms with E-state index in [4.69, 9.17) is 11.6 Å². The number of hydrogen-bond donors (Lipinski definition) is 0. The molecule has 0 aromatic carbocycles. The molecule has 0 amide bonds. The molecule has 15 heavy (non-hydrogen) atoms. The lowest BCUT2D eigenvalue weighted by molar-refractivity contribution is 1.18. The number of alkyl halides is 1. The Bertz CT molecular complexity index is 459. The first kappa shape index (κ1) is 10.6. The van der Waals surface area contributed by atoms with Crippen molar-refractivity contribution in [1.29, 1.82) is 0 Å². The van der Waals surface area contributed by atoms with Crippen molar-refractivity contribution in [1.82, 2.24) is 9.97 Å². The fraction of sp³-hybridized carbons (Fsp3) is 0.0909. The van der Waals surface area contributed by atoms with Gasteiger partial charge in [-0.1, -0.05) is 27.5 Å². The zero-order valence-corrected chi connectivity index (χ0v) is 10.2. The molecule has 0 atom stereocenters. The average Bonchev–Trinajstić information content (AvgIpc) is 2.31. The minimum atomic E-state index is 0.658. The third kappa shape index (κ3) is 2.36. The second-order valence-corrected chi connectivity index (χ2v) is 3.97. The van der Waals surface area contributed by atoms with Crippen LogP contribution in [-0.2, 0) is 5.33 Å². The molecule has 2 heterocycles. The van der Waals surface area contributed by atoms with Gasteiger partial charge in [0, 0.05) is 23.3 Å². The Morgan fingerprint density at radius 3 is 2.53 bits per heavy atom. The Balaban J connectivity index is 2.52. The van der Waals surface area contributed by atoms with Crippen molar-refractivity contribution >= 4 is 27.5 Å². The van der Waals surface area contributed by atoms with Gasteiger partial charge in [0.2, 0.25) is 0 Å². The molecule has 76 valence electrons. The van der Waals surface area contributed by atoms with Crippen molar-refractivity contribution in [2.45, 2.75) is 5.33 Å². The van der Waals surface area contributed by atoms with Crippen LogP contribution in [0.2, 0.25) is 5.02 Å². The second kappa shape index (κ2) is 4.73. The molecule has 0 N–H and O–H groups in total. The summed E-state index contributed by atoms with van der Waals surface area (Å²) >= 11 is 9.46. The van der Waals surface area contributed by atoms with E-state index in [9.17, 15) is 0 Å². The first-order chi connectivity index (χ1) is 7.31. The lowest BCUT2D eigenvalue weighted by Gasteiger charge is -2.04. The highest BCUT2D eigenvalue weighted by Crippen LogP contribution is 2.25. The van der Waals surface area contributed by atoms with Crippen molar-refractivity contribution in [2.75, 3.05) is 0 Å². The summed E-state index contributed by atoms with van der Waals surface area (Å²) in [6.07, 6.45) is 3.46. The number of rotatable bonds is 2. The van der Waals surface area contributed by atoms with E-state index in [0.717, 1.165) is 22.3 Å². The van der Waals surface area contributed by atoms with E-state index < -0.39 is 0 Å². The SMILES string of the molecule is Clc1ccc(CBr)nc1-c1ccncc1. The molecule has 2 nitrogen and oxygen atoms in total. The number of halogens is 2. The molecule has 4 heteroatoms. The third-order valence-electron chi connectivity index (χ3n) is 1.99. The van der Waals surface area contributed by atoms with Crippen molar-refractivity contribution in [3.8, 4) is 11.3 Å². The van der Waals surface area contributed by atoms with Gasteiger partial charge < -0.3 is 0 Å². The highest BCUT2D eigenvalue weighted by atomic mass is 79.9. The molecule has 0 aliphatic rings. The van der Waals surface area contributed by atoms with Gasteiger partial charge in [-0.25, -0.2) is 0 Å². The van der Waals surface area contributed by atoms with E-state index in [1.807, 2.05) is 24.3 Å². The summed E-state index contributed by atoms with van der Waals surface area (Å²) in [5.74, 6) is 0. The Hall–Kier alpha value is -0.930. The summed E-state index contributed by atoms with van der Waals surface area (Å²) in [7, 11) is 0. The van der Waals surface area contributed by atoms with Gasteiger partial charge in [-0.15, -0.1) is 0 Å². The molecule has 2 aromatic rings. The Labute approximate surface area is 101 Å². The van der Waals surface area contributed by atoms with Crippen molar-refractivity contribution in [2.24, 2.45) is 0 Å². The summed E-state index contributed by atoms with van der Waals surface area (Å²) in [6, 6.07) is 7.56. The van der Waals surface area contributed by atoms with Crippen LogP contribution in [0.15, 0.2) is 36.7 Å². The summed E-state index contributed by atoms with van der Waals surface area (Å²) in [5, 5.41) is 1.38. The molecule has 0 aliphatic heterocycles. The van der Waals surface area contributed by atoms with Crippen LogP contribution in [0, 0.1) is 0 Å². The van der Waals surface area contributed by atoms with Gasteiger partial charge in [0.05, 0.1) is 16.4 Å². The molecule has 2 rings (SSSR count). The highest BCUT2D eigenvalue weighted by molar-refractivity contribution is 9.08. The van der Waals surface area contributed by atoms with Gasteiger partial charge in [-0.05, 0) is 24.3 Å². The minimum absolute atomic E-state index is 0.658. The number of pyridine rings is 2.